The molecule has 0 unspecified atom stereocenters. The predicted molar refractivity (Wildman–Crippen MR) is 522 cm³/mol. The van der Waals surface area contributed by atoms with Crippen LogP contribution in [0.2, 0.25) is 0 Å². The van der Waals surface area contributed by atoms with Gasteiger partial charge in [-0.15, -0.1) is 0 Å². The second-order valence-electron chi connectivity index (χ2n) is 31.5. The molecular formula is C120H82N2O2. The molecule has 0 bridgehead atoms. The molecule has 0 amide bonds. The first-order valence-electron chi connectivity index (χ1n) is 42.3. The number of nitrogens with zero attached hydrogens (tertiary/aromatic N) is 2. The summed E-state index contributed by atoms with van der Waals surface area (Å²) >= 11 is 0. The van der Waals surface area contributed by atoms with Crippen molar-refractivity contribution in [3.63, 3.8) is 0 Å². The molecule has 0 spiro atoms. The number of fused-ring (bicyclic) bond motifs is 6. The fourth-order valence-electron chi connectivity index (χ4n) is 17.2. The molecule has 2 heterocycles. The molecule has 20 aromatic carbocycles. The highest BCUT2D eigenvalue weighted by molar-refractivity contribution is 6.07. The van der Waals surface area contributed by atoms with Crippen LogP contribution in [0.5, 0.6) is 0 Å². The van der Waals surface area contributed by atoms with E-state index in [1.54, 1.807) is 0 Å². The highest BCUT2D eigenvalue weighted by atomic mass is 16.3. The van der Waals surface area contributed by atoms with Gasteiger partial charge >= 0.3 is 0 Å². The van der Waals surface area contributed by atoms with E-state index in [-0.39, 0.29) is 0 Å². The van der Waals surface area contributed by atoms with Crippen molar-refractivity contribution in [2.24, 2.45) is 0 Å². The molecule has 0 radical (unpaired) electrons. The summed E-state index contributed by atoms with van der Waals surface area (Å²) in [5, 5.41) is 4.48. The first kappa shape index (κ1) is 75.1. The van der Waals surface area contributed by atoms with Crippen molar-refractivity contribution in [2.45, 2.75) is 0 Å². The van der Waals surface area contributed by atoms with Crippen molar-refractivity contribution in [1.82, 2.24) is 0 Å². The van der Waals surface area contributed by atoms with Crippen molar-refractivity contribution in [1.29, 1.82) is 0 Å². The fraction of sp³-hybridized carbons (Fsp3) is 0. The van der Waals surface area contributed by atoms with Crippen molar-refractivity contribution in [3.05, 3.63) is 497 Å². The van der Waals surface area contributed by atoms with E-state index in [4.69, 9.17) is 8.83 Å². The summed E-state index contributed by atoms with van der Waals surface area (Å²) in [4.78, 5) is 4.62. The van der Waals surface area contributed by atoms with Gasteiger partial charge in [0.15, 0.2) is 0 Å². The van der Waals surface area contributed by atoms with Crippen LogP contribution in [-0.2, 0) is 0 Å². The average molecular weight is 1580 g/mol. The molecule has 4 heteroatoms. The van der Waals surface area contributed by atoms with Gasteiger partial charge in [-0.05, 0) is 231 Å². The van der Waals surface area contributed by atoms with Crippen molar-refractivity contribution >= 4 is 78.0 Å². The molecule has 0 saturated carbocycles. The number of rotatable bonds is 18. The largest absolute Gasteiger partial charge is 0.456 e. The maximum atomic E-state index is 6.37. The Labute approximate surface area is 722 Å². The van der Waals surface area contributed by atoms with Gasteiger partial charge in [0, 0.05) is 67.8 Å². The minimum atomic E-state index is 0.868. The van der Waals surface area contributed by atoms with Gasteiger partial charge in [0.1, 0.15) is 22.3 Å². The molecule has 0 fully saturated rings. The topological polar surface area (TPSA) is 32.8 Å². The summed E-state index contributed by atoms with van der Waals surface area (Å²) in [5.41, 5.74) is 38.6. The Morgan fingerprint density at radius 2 is 0.266 bits per heavy atom. The zero-order valence-electron chi connectivity index (χ0n) is 68.1. The lowest BCUT2D eigenvalue weighted by molar-refractivity contribution is 0.668. The summed E-state index contributed by atoms with van der Waals surface area (Å²) in [7, 11) is 0. The third-order valence-corrected chi connectivity index (χ3v) is 23.9. The van der Waals surface area contributed by atoms with E-state index >= 15 is 0 Å². The Hall–Kier alpha value is -16.4. The zero-order valence-corrected chi connectivity index (χ0v) is 68.1. The molecule has 0 aliphatic heterocycles. The highest BCUT2D eigenvalue weighted by Gasteiger charge is 2.20. The molecule has 0 atom stereocenters. The van der Waals surface area contributed by atoms with Crippen molar-refractivity contribution in [2.75, 3.05) is 9.80 Å². The van der Waals surface area contributed by atoms with Crippen LogP contribution in [0.15, 0.2) is 506 Å². The predicted octanol–water partition coefficient (Wildman–Crippen LogP) is 34.1. The quantitative estimate of drug-likeness (QED) is 0.0857. The van der Waals surface area contributed by atoms with E-state index in [1.807, 2.05) is 24.3 Å². The molecule has 2 aromatic heterocycles. The van der Waals surface area contributed by atoms with E-state index in [1.165, 1.54) is 122 Å². The molecular weight excluding hydrogens is 1500 g/mol. The molecule has 124 heavy (non-hydrogen) atoms. The van der Waals surface area contributed by atoms with Crippen LogP contribution in [-0.4, -0.2) is 0 Å². The maximum Gasteiger partial charge on any atom is 0.137 e. The maximum absolute atomic E-state index is 6.37. The number of hydrogen-bond acceptors (Lipinski definition) is 4. The smallest absolute Gasteiger partial charge is 0.137 e. The van der Waals surface area contributed by atoms with Gasteiger partial charge < -0.3 is 18.6 Å². The summed E-state index contributed by atoms with van der Waals surface area (Å²) in [6.45, 7) is 0. The third kappa shape index (κ3) is 15.7. The Bertz CT molecular complexity index is 7460. The van der Waals surface area contributed by atoms with Crippen LogP contribution < -0.4 is 9.80 Å². The van der Waals surface area contributed by atoms with Crippen LogP contribution >= 0.6 is 0 Å². The van der Waals surface area contributed by atoms with Crippen LogP contribution in [0.1, 0.15) is 0 Å². The zero-order chi connectivity index (χ0) is 82.5. The molecule has 0 aliphatic carbocycles. The van der Waals surface area contributed by atoms with Crippen molar-refractivity contribution in [3.8, 4) is 134 Å². The molecule has 4 nitrogen and oxygen atoms in total. The Morgan fingerprint density at radius 3 is 0.500 bits per heavy atom. The lowest BCUT2D eigenvalue weighted by atomic mass is 9.96. The third-order valence-electron chi connectivity index (χ3n) is 23.9. The van der Waals surface area contributed by atoms with Crippen LogP contribution in [0, 0.1) is 0 Å². The van der Waals surface area contributed by atoms with Gasteiger partial charge in [-0.2, -0.15) is 0 Å². The standard InChI is InChI=1S/2C60H41NO/c1-3-10-42(11-4-1)44-18-20-46(21-19-44)48-30-34-54(35-31-48)61(56-38-39-58-57-16-7-8-17-59(57)62-60(58)41-56)55-36-32-49(33-37-55)47-24-28-51(29-25-47)53-15-9-14-52(40-53)50-26-22-45(23-27-50)43-12-5-2-6-13-43;1-3-10-42(11-4-1)44-18-20-47(21-19-44)49-30-34-54(35-31-49)61(56-38-39-58-57-16-7-8-17-59(57)62-60(58)41-56)55-36-32-50(33-37-55)48-24-22-45(23-25-48)46-26-28-51(29-27-46)53-15-9-14-52(40-53)43-12-5-2-6-13-43/h2*1-41H. The highest BCUT2D eigenvalue weighted by Crippen LogP contribution is 2.44. The molecule has 584 valence electrons. The van der Waals surface area contributed by atoms with Gasteiger partial charge in [0.25, 0.3) is 0 Å². The second kappa shape index (κ2) is 33.8. The molecule has 0 aliphatic rings. The van der Waals surface area contributed by atoms with Gasteiger partial charge in [0.2, 0.25) is 0 Å². The Balaban J connectivity index is 0.000000152. The van der Waals surface area contributed by atoms with E-state index < -0.39 is 0 Å². The van der Waals surface area contributed by atoms with E-state index in [0.29, 0.717) is 0 Å². The second-order valence-corrected chi connectivity index (χ2v) is 31.5. The van der Waals surface area contributed by atoms with Crippen LogP contribution in [0.3, 0.4) is 0 Å². The van der Waals surface area contributed by atoms with E-state index in [0.717, 1.165) is 89.1 Å². The number of hydrogen-bond donors (Lipinski definition) is 0. The molecule has 0 N–H and O–H groups in total. The van der Waals surface area contributed by atoms with Gasteiger partial charge in [-0.3, -0.25) is 0 Å². The van der Waals surface area contributed by atoms with Crippen LogP contribution in [0.25, 0.3) is 177 Å². The van der Waals surface area contributed by atoms with Crippen molar-refractivity contribution < 1.29 is 8.83 Å². The summed E-state index contributed by atoms with van der Waals surface area (Å²) < 4.78 is 12.7. The first-order valence-corrected chi connectivity index (χ1v) is 42.3. The fourth-order valence-corrected chi connectivity index (χ4v) is 17.2. The first-order chi connectivity index (χ1) is 61.4. The van der Waals surface area contributed by atoms with Gasteiger partial charge in [0.05, 0.1) is 0 Å². The monoisotopic (exact) mass is 1580 g/mol. The van der Waals surface area contributed by atoms with Gasteiger partial charge in [-0.25, -0.2) is 0 Å². The molecule has 0 saturated heterocycles. The molecule has 22 aromatic rings. The van der Waals surface area contributed by atoms with E-state index in [2.05, 4.69) is 483 Å². The average Bonchev–Trinajstić information content (AvgIpc) is 1.57. The number of para-hydroxylation sites is 2. The number of anilines is 6. The SMILES string of the molecule is c1ccc(-c2ccc(-c3ccc(N(c4ccc(-c5ccc(-c6ccc(-c7cccc(-c8ccccc8)c7)cc6)cc5)cc4)c4ccc5c(c4)oc4ccccc45)cc3)cc2)cc1.c1ccc(-c2ccc(-c3ccc(N(c4ccc(-c5ccc(-c6cccc(-c7ccc(-c8ccccc8)cc7)c6)cc5)cc4)c4ccc5c(c4)oc4ccccc45)cc3)cc2)cc1. The minimum Gasteiger partial charge on any atom is -0.456 e. The van der Waals surface area contributed by atoms with Gasteiger partial charge in [-0.1, -0.05) is 388 Å². The Morgan fingerprint density at radius 1 is 0.105 bits per heavy atom. The molecule has 22 rings (SSSR count). The lowest BCUT2D eigenvalue weighted by Crippen LogP contribution is -2.09. The Kier molecular flexibility index (Phi) is 20.5. The summed E-state index contributed by atoms with van der Waals surface area (Å²) in [6.07, 6.45) is 0. The number of benzene rings is 20. The van der Waals surface area contributed by atoms with E-state index in [9.17, 15) is 0 Å². The lowest BCUT2D eigenvalue weighted by Gasteiger charge is -2.26. The number of furan rings is 2. The summed E-state index contributed by atoms with van der Waals surface area (Å²) in [6, 6.07) is 178. The normalized spacial score (nSPS) is 11.2. The minimum absolute atomic E-state index is 0.868. The summed E-state index contributed by atoms with van der Waals surface area (Å²) in [5.74, 6) is 0. The van der Waals surface area contributed by atoms with Crippen LogP contribution in [0.4, 0.5) is 34.1 Å².